The van der Waals surface area contributed by atoms with Gasteiger partial charge in [-0.2, -0.15) is 5.10 Å². The number of aromatic nitrogens is 2. The van der Waals surface area contributed by atoms with E-state index in [2.05, 4.69) is 5.10 Å². The number of carbonyl (C=O) groups is 1. The fraction of sp³-hybridized carbons (Fsp3) is 0.200. The number of nitrogens with zero attached hydrogens (tertiary/aromatic N) is 2. The highest BCUT2D eigenvalue weighted by atomic mass is 16.5. The number of hydrogen-bond donors (Lipinski definition) is 0. The van der Waals surface area contributed by atoms with E-state index in [9.17, 15) is 4.79 Å². The third kappa shape index (κ3) is 4.22. The second-order valence-electron chi connectivity index (χ2n) is 5.63. The zero-order valence-corrected chi connectivity index (χ0v) is 14.7. The molecule has 1 heterocycles. The van der Waals surface area contributed by atoms with Crippen LogP contribution in [0.5, 0.6) is 11.5 Å². The van der Waals surface area contributed by atoms with Crippen molar-refractivity contribution in [3.8, 4) is 17.2 Å². The molecular formula is C20H20N2O4. The molecule has 6 nitrogen and oxygen atoms in total. The first kappa shape index (κ1) is 17.5. The molecule has 0 N–H and O–H groups in total. The molecule has 0 aliphatic rings. The number of ether oxygens (including phenoxy) is 3. The maximum Gasteiger partial charge on any atom is 0.310 e. The van der Waals surface area contributed by atoms with Gasteiger partial charge in [0.05, 0.1) is 26.3 Å². The van der Waals surface area contributed by atoms with Crippen LogP contribution in [0.3, 0.4) is 0 Å². The zero-order chi connectivity index (χ0) is 18.4. The fourth-order valence-electron chi connectivity index (χ4n) is 2.53. The van der Waals surface area contributed by atoms with Crippen LogP contribution in [0.2, 0.25) is 0 Å². The van der Waals surface area contributed by atoms with Crippen LogP contribution in [0.1, 0.15) is 11.1 Å². The molecule has 0 aliphatic carbocycles. The largest absolute Gasteiger partial charge is 0.497 e. The van der Waals surface area contributed by atoms with E-state index in [0.29, 0.717) is 11.5 Å². The van der Waals surface area contributed by atoms with E-state index in [1.54, 1.807) is 43.3 Å². The minimum Gasteiger partial charge on any atom is -0.497 e. The molecule has 0 radical (unpaired) electrons. The number of benzene rings is 2. The van der Waals surface area contributed by atoms with Crippen molar-refractivity contribution in [2.45, 2.75) is 13.0 Å². The summed E-state index contributed by atoms with van der Waals surface area (Å²) in [6.45, 7) is 0.219. The molecule has 0 spiro atoms. The van der Waals surface area contributed by atoms with Gasteiger partial charge in [0, 0.05) is 24.0 Å². The average molecular weight is 352 g/mol. The molecule has 3 aromatic rings. The van der Waals surface area contributed by atoms with Crippen molar-refractivity contribution in [3.05, 3.63) is 72.1 Å². The molecule has 2 aromatic carbocycles. The highest BCUT2D eigenvalue weighted by molar-refractivity contribution is 5.73. The van der Waals surface area contributed by atoms with E-state index in [1.165, 1.54) is 0 Å². The van der Waals surface area contributed by atoms with Gasteiger partial charge >= 0.3 is 5.97 Å². The van der Waals surface area contributed by atoms with Crippen LogP contribution in [0, 0.1) is 0 Å². The molecule has 0 unspecified atom stereocenters. The van der Waals surface area contributed by atoms with Gasteiger partial charge in [0.1, 0.15) is 18.1 Å². The molecule has 0 bridgehead atoms. The SMILES string of the molecule is COc1ccc(CC(=O)OCc2ccc(-n3cccn3)cc2)c(OC)c1. The second-order valence-corrected chi connectivity index (χ2v) is 5.63. The van der Waals surface area contributed by atoms with Crippen LogP contribution in [-0.4, -0.2) is 30.0 Å². The second kappa shape index (κ2) is 8.20. The monoisotopic (exact) mass is 352 g/mol. The Balaban J connectivity index is 1.57. The van der Waals surface area contributed by atoms with Gasteiger partial charge in [-0.15, -0.1) is 0 Å². The Morgan fingerprint density at radius 2 is 1.88 bits per heavy atom. The molecule has 1 aromatic heterocycles. The van der Waals surface area contributed by atoms with Crippen molar-refractivity contribution in [2.75, 3.05) is 14.2 Å². The van der Waals surface area contributed by atoms with Crippen molar-refractivity contribution < 1.29 is 19.0 Å². The van der Waals surface area contributed by atoms with Crippen molar-refractivity contribution in [2.24, 2.45) is 0 Å². The van der Waals surface area contributed by atoms with Crippen LogP contribution < -0.4 is 9.47 Å². The molecular weight excluding hydrogens is 332 g/mol. The Hall–Kier alpha value is -3.28. The maximum atomic E-state index is 12.1. The fourth-order valence-corrected chi connectivity index (χ4v) is 2.53. The molecule has 0 saturated carbocycles. The Bertz CT molecular complexity index is 858. The lowest BCUT2D eigenvalue weighted by atomic mass is 10.1. The summed E-state index contributed by atoms with van der Waals surface area (Å²) < 4.78 is 17.6. The molecule has 0 saturated heterocycles. The summed E-state index contributed by atoms with van der Waals surface area (Å²) in [6, 6.07) is 14.9. The van der Waals surface area contributed by atoms with Gasteiger partial charge in [-0.1, -0.05) is 18.2 Å². The molecule has 6 heteroatoms. The summed E-state index contributed by atoms with van der Waals surface area (Å²) >= 11 is 0. The predicted molar refractivity (Wildman–Crippen MR) is 96.6 cm³/mol. The Morgan fingerprint density at radius 3 is 2.54 bits per heavy atom. The lowest BCUT2D eigenvalue weighted by Gasteiger charge is -2.10. The van der Waals surface area contributed by atoms with Crippen molar-refractivity contribution in [1.29, 1.82) is 0 Å². The highest BCUT2D eigenvalue weighted by Crippen LogP contribution is 2.25. The predicted octanol–water partition coefficient (Wildman–Crippen LogP) is 3.18. The van der Waals surface area contributed by atoms with Crippen LogP contribution in [0.15, 0.2) is 60.9 Å². The first-order chi connectivity index (χ1) is 12.7. The summed E-state index contributed by atoms with van der Waals surface area (Å²) in [5.41, 5.74) is 2.62. The molecule has 0 amide bonds. The normalized spacial score (nSPS) is 10.4. The lowest BCUT2D eigenvalue weighted by Crippen LogP contribution is -2.09. The van der Waals surface area contributed by atoms with E-state index < -0.39 is 0 Å². The molecule has 26 heavy (non-hydrogen) atoms. The van der Waals surface area contributed by atoms with Gasteiger partial charge in [0.25, 0.3) is 0 Å². The van der Waals surface area contributed by atoms with Gasteiger partial charge in [-0.05, 0) is 29.8 Å². The van der Waals surface area contributed by atoms with E-state index in [4.69, 9.17) is 14.2 Å². The van der Waals surface area contributed by atoms with Gasteiger partial charge in [-0.25, -0.2) is 4.68 Å². The lowest BCUT2D eigenvalue weighted by molar-refractivity contribution is -0.144. The average Bonchev–Trinajstić information content (AvgIpc) is 3.22. The number of esters is 1. The third-order valence-corrected chi connectivity index (χ3v) is 3.93. The third-order valence-electron chi connectivity index (χ3n) is 3.93. The summed E-state index contributed by atoms with van der Waals surface area (Å²) in [7, 11) is 3.14. The van der Waals surface area contributed by atoms with Gasteiger partial charge < -0.3 is 14.2 Å². The Kier molecular flexibility index (Phi) is 5.53. The molecule has 0 fully saturated rings. The van der Waals surface area contributed by atoms with E-state index in [1.807, 2.05) is 36.5 Å². The number of rotatable bonds is 7. The van der Waals surface area contributed by atoms with Gasteiger partial charge in [0.15, 0.2) is 0 Å². The maximum absolute atomic E-state index is 12.1. The molecule has 0 aliphatic heterocycles. The summed E-state index contributed by atoms with van der Waals surface area (Å²) in [4.78, 5) is 12.1. The first-order valence-corrected chi connectivity index (χ1v) is 8.15. The summed E-state index contributed by atoms with van der Waals surface area (Å²) in [5, 5.41) is 4.18. The number of carbonyl (C=O) groups excluding carboxylic acids is 1. The van der Waals surface area contributed by atoms with Crippen molar-refractivity contribution in [3.63, 3.8) is 0 Å². The van der Waals surface area contributed by atoms with Crippen LogP contribution >= 0.6 is 0 Å². The van der Waals surface area contributed by atoms with E-state index in [0.717, 1.165) is 16.8 Å². The minimum absolute atomic E-state index is 0.137. The van der Waals surface area contributed by atoms with E-state index in [-0.39, 0.29) is 19.0 Å². The van der Waals surface area contributed by atoms with E-state index >= 15 is 0 Å². The summed E-state index contributed by atoms with van der Waals surface area (Å²) in [6.07, 6.45) is 3.74. The smallest absolute Gasteiger partial charge is 0.310 e. The minimum atomic E-state index is -0.315. The first-order valence-electron chi connectivity index (χ1n) is 8.15. The number of hydrogen-bond acceptors (Lipinski definition) is 5. The topological polar surface area (TPSA) is 62.6 Å². The number of methoxy groups -OCH3 is 2. The summed E-state index contributed by atoms with van der Waals surface area (Å²) in [5.74, 6) is 0.964. The van der Waals surface area contributed by atoms with Crippen molar-refractivity contribution >= 4 is 5.97 Å². The Morgan fingerprint density at radius 1 is 1.08 bits per heavy atom. The van der Waals surface area contributed by atoms with Crippen LogP contribution in [-0.2, 0) is 22.6 Å². The molecule has 134 valence electrons. The van der Waals surface area contributed by atoms with Gasteiger partial charge in [-0.3, -0.25) is 4.79 Å². The molecule has 0 atom stereocenters. The van der Waals surface area contributed by atoms with Crippen LogP contribution in [0.4, 0.5) is 0 Å². The highest BCUT2D eigenvalue weighted by Gasteiger charge is 2.11. The van der Waals surface area contributed by atoms with Gasteiger partial charge in [0.2, 0.25) is 0 Å². The quantitative estimate of drug-likeness (QED) is 0.611. The Labute approximate surface area is 151 Å². The zero-order valence-electron chi connectivity index (χ0n) is 14.7. The molecule has 3 rings (SSSR count). The van der Waals surface area contributed by atoms with Crippen molar-refractivity contribution in [1.82, 2.24) is 9.78 Å². The standard InChI is InChI=1S/C20H20N2O4/c1-24-18-9-6-16(19(13-18)25-2)12-20(23)26-14-15-4-7-17(8-5-15)22-11-3-10-21-22/h3-11,13H,12,14H2,1-2H3. The van der Waals surface area contributed by atoms with Crippen LogP contribution in [0.25, 0.3) is 5.69 Å².